The van der Waals surface area contributed by atoms with Crippen molar-refractivity contribution in [3.63, 3.8) is 0 Å². The summed E-state index contributed by atoms with van der Waals surface area (Å²) in [6, 6.07) is 13.9. The number of anilines is 1. The van der Waals surface area contributed by atoms with E-state index >= 15 is 0 Å². The Kier molecular flexibility index (Phi) is 4.62. The maximum Gasteiger partial charge on any atom is 0.255 e. The molecular weight excluding hydrogens is 328 g/mol. The van der Waals surface area contributed by atoms with Gasteiger partial charge in [-0.25, -0.2) is 0 Å². The lowest BCUT2D eigenvalue weighted by atomic mass is 9.98. The minimum atomic E-state index is -0.315. The largest absolute Gasteiger partial charge is 0.322 e. The van der Waals surface area contributed by atoms with E-state index in [9.17, 15) is 14.4 Å². The number of hydrogen-bond acceptors (Lipinski definition) is 3. The quantitative estimate of drug-likeness (QED) is 0.839. The van der Waals surface area contributed by atoms with Gasteiger partial charge in [0.05, 0.1) is 5.92 Å². The fourth-order valence-electron chi connectivity index (χ4n) is 2.61. The third-order valence-corrected chi connectivity index (χ3v) is 4.08. The Morgan fingerprint density at radius 1 is 1.17 bits per heavy atom. The van der Waals surface area contributed by atoms with Crippen molar-refractivity contribution >= 4 is 35.0 Å². The lowest BCUT2D eigenvalue weighted by Crippen LogP contribution is -2.22. The molecule has 24 heavy (non-hydrogen) atoms. The van der Waals surface area contributed by atoms with Crippen molar-refractivity contribution in [2.45, 2.75) is 12.8 Å². The molecule has 0 radical (unpaired) electrons. The van der Waals surface area contributed by atoms with Gasteiger partial charge >= 0.3 is 0 Å². The summed E-state index contributed by atoms with van der Waals surface area (Å²) in [6.45, 7) is 0. The van der Waals surface area contributed by atoms with Crippen LogP contribution in [-0.4, -0.2) is 17.7 Å². The first-order valence-electron chi connectivity index (χ1n) is 7.51. The summed E-state index contributed by atoms with van der Waals surface area (Å²) >= 11 is 5.88. The average Bonchev–Trinajstić information content (AvgIpc) is 2.87. The van der Waals surface area contributed by atoms with Gasteiger partial charge in [0.15, 0.2) is 0 Å². The molecule has 6 heteroatoms. The molecule has 1 aliphatic heterocycles. The summed E-state index contributed by atoms with van der Waals surface area (Å²) in [5.74, 6) is -1.01. The van der Waals surface area contributed by atoms with Crippen molar-refractivity contribution in [1.29, 1.82) is 0 Å². The third kappa shape index (κ3) is 3.81. The summed E-state index contributed by atoms with van der Waals surface area (Å²) in [6.07, 6.45) is 0.728. The van der Waals surface area contributed by atoms with Crippen LogP contribution in [0.3, 0.4) is 0 Å². The van der Waals surface area contributed by atoms with Crippen LogP contribution >= 0.6 is 11.6 Å². The lowest BCUT2D eigenvalue weighted by Gasteiger charge is -2.09. The number of hydrogen-bond donors (Lipinski definition) is 2. The number of benzene rings is 2. The minimum absolute atomic E-state index is 0.224. The molecular formula is C18H15ClN2O3. The van der Waals surface area contributed by atoms with E-state index in [4.69, 9.17) is 11.6 Å². The normalized spacial score (nSPS) is 16.8. The lowest BCUT2D eigenvalue weighted by molar-refractivity contribution is -0.125. The van der Waals surface area contributed by atoms with Gasteiger partial charge in [-0.05, 0) is 42.3 Å². The van der Waals surface area contributed by atoms with Crippen LogP contribution in [0.25, 0.3) is 0 Å². The molecule has 1 fully saturated rings. The number of nitrogens with one attached hydrogen (secondary N) is 2. The second kappa shape index (κ2) is 6.84. The molecule has 5 nitrogen and oxygen atoms in total. The first-order valence-corrected chi connectivity index (χ1v) is 7.88. The molecule has 1 unspecified atom stereocenters. The predicted octanol–water partition coefficient (Wildman–Crippen LogP) is 2.80. The fourth-order valence-corrected chi connectivity index (χ4v) is 2.80. The number of imide groups is 1. The Morgan fingerprint density at radius 2 is 1.92 bits per heavy atom. The average molecular weight is 343 g/mol. The van der Waals surface area contributed by atoms with Gasteiger partial charge in [-0.15, -0.1) is 0 Å². The maximum absolute atomic E-state index is 12.1. The molecule has 3 rings (SSSR count). The Labute approximate surface area is 144 Å². The van der Waals surface area contributed by atoms with E-state index in [1.165, 1.54) is 0 Å². The van der Waals surface area contributed by atoms with Crippen LogP contribution < -0.4 is 10.6 Å². The van der Waals surface area contributed by atoms with Crippen molar-refractivity contribution in [1.82, 2.24) is 5.32 Å². The topological polar surface area (TPSA) is 75.3 Å². The van der Waals surface area contributed by atoms with Crippen LogP contribution in [0.2, 0.25) is 5.02 Å². The number of carbonyl (C=O) groups is 3. The van der Waals surface area contributed by atoms with E-state index in [-0.39, 0.29) is 30.1 Å². The number of rotatable bonds is 4. The van der Waals surface area contributed by atoms with E-state index < -0.39 is 0 Å². The molecule has 2 N–H and O–H groups in total. The maximum atomic E-state index is 12.1. The van der Waals surface area contributed by atoms with Gasteiger partial charge in [0.25, 0.3) is 5.91 Å². The molecule has 1 aliphatic rings. The molecule has 0 spiro atoms. The molecule has 122 valence electrons. The van der Waals surface area contributed by atoms with Gasteiger partial charge in [0.2, 0.25) is 11.8 Å². The van der Waals surface area contributed by atoms with Gasteiger partial charge in [-0.1, -0.05) is 29.8 Å². The van der Waals surface area contributed by atoms with Gasteiger partial charge in [-0.3, -0.25) is 19.7 Å². The second-order valence-corrected chi connectivity index (χ2v) is 6.12. The van der Waals surface area contributed by atoms with Crippen molar-refractivity contribution in [2.75, 3.05) is 5.32 Å². The van der Waals surface area contributed by atoms with E-state index in [0.29, 0.717) is 22.7 Å². The van der Waals surface area contributed by atoms with Gasteiger partial charge < -0.3 is 5.32 Å². The zero-order valence-corrected chi connectivity index (χ0v) is 13.5. The molecule has 2 aromatic rings. The Hall–Kier alpha value is -2.66. The first-order chi connectivity index (χ1) is 11.5. The van der Waals surface area contributed by atoms with Crippen molar-refractivity contribution < 1.29 is 14.4 Å². The standard InChI is InChI=1S/C18H15ClN2O3/c19-14-3-1-2-12(9-14)17(23)20-15-6-4-11(5-7-15)8-13-10-16(22)21-18(13)24/h1-7,9,13H,8,10H2,(H,20,23)(H,21,22,24). The highest BCUT2D eigenvalue weighted by Gasteiger charge is 2.30. The van der Waals surface area contributed by atoms with Crippen molar-refractivity contribution in [2.24, 2.45) is 5.92 Å². The molecule has 0 aliphatic carbocycles. The molecule has 1 atom stereocenters. The number of halogens is 1. The molecule has 1 heterocycles. The summed E-state index contributed by atoms with van der Waals surface area (Å²) in [4.78, 5) is 34.9. The molecule has 0 saturated carbocycles. The highest BCUT2D eigenvalue weighted by atomic mass is 35.5. The molecule has 0 aromatic heterocycles. The van der Waals surface area contributed by atoms with E-state index in [0.717, 1.165) is 5.56 Å². The summed E-state index contributed by atoms with van der Waals surface area (Å²) in [5, 5.41) is 5.59. The Bertz CT molecular complexity index is 802. The summed E-state index contributed by atoms with van der Waals surface area (Å²) in [5.41, 5.74) is 2.06. The van der Waals surface area contributed by atoms with Gasteiger partial charge in [0, 0.05) is 22.7 Å². The monoisotopic (exact) mass is 342 g/mol. The highest BCUT2D eigenvalue weighted by Crippen LogP contribution is 2.19. The van der Waals surface area contributed by atoms with Crippen LogP contribution in [0.1, 0.15) is 22.3 Å². The van der Waals surface area contributed by atoms with E-state index in [1.54, 1.807) is 36.4 Å². The Balaban J connectivity index is 1.63. The molecule has 3 amide bonds. The number of amides is 3. The van der Waals surface area contributed by atoms with Crippen molar-refractivity contribution in [3.8, 4) is 0 Å². The molecule has 0 bridgehead atoms. The van der Waals surface area contributed by atoms with Crippen LogP contribution in [-0.2, 0) is 16.0 Å². The summed E-state index contributed by atoms with van der Waals surface area (Å²) < 4.78 is 0. The summed E-state index contributed by atoms with van der Waals surface area (Å²) in [7, 11) is 0. The van der Waals surface area contributed by atoms with Crippen LogP contribution in [0.5, 0.6) is 0 Å². The predicted molar refractivity (Wildman–Crippen MR) is 90.8 cm³/mol. The Morgan fingerprint density at radius 3 is 2.54 bits per heavy atom. The third-order valence-electron chi connectivity index (χ3n) is 3.85. The minimum Gasteiger partial charge on any atom is -0.322 e. The first kappa shape index (κ1) is 16.2. The van der Waals surface area contributed by atoms with E-state index in [2.05, 4.69) is 10.6 Å². The van der Waals surface area contributed by atoms with Gasteiger partial charge in [-0.2, -0.15) is 0 Å². The second-order valence-electron chi connectivity index (χ2n) is 5.68. The highest BCUT2D eigenvalue weighted by molar-refractivity contribution is 6.31. The van der Waals surface area contributed by atoms with Gasteiger partial charge in [0.1, 0.15) is 0 Å². The fraction of sp³-hybridized carbons (Fsp3) is 0.167. The van der Waals surface area contributed by atoms with Crippen LogP contribution in [0.15, 0.2) is 48.5 Å². The van der Waals surface area contributed by atoms with Crippen LogP contribution in [0, 0.1) is 5.92 Å². The molecule has 2 aromatic carbocycles. The van der Waals surface area contributed by atoms with Crippen LogP contribution in [0.4, 0.5) is 5.69 Å². The smallest absolute Gasteiger partial charge is 0.255 e. The van der Waals surface area contributed by atoms with E-state index in [1.807, 2.05) is 12.1 Å². The zero-order chi connectivity index (χ0) is 17.1. The van der Waals surface area contributed by atoms with Crippen molar-refractivity contribution in [3.05, 3.63) is 64.7 Å². The number of carbonyl (C=O) groups excluding carboxylic acids is 3. The zero-order valence-electron chi connectivity index (χ0n) is 12.7. The SMILES string of the molecule is O=C1CC(Cc2ccc(NC(=O)c3cccc(Cl)c3)cc2)C(=O)N1. The molecule has 1 saturated heterocycles.